The van der Waals surface area contributed by atoms with E-state index in [1.54, 1.807) is 42.2 Å². The number of ether oxygens (including phenoxy) is 3. The number of fused-ring (bicyclic) bond motifs is 1. The van der Waals surface area contributed by atoms with Crippen LogP contribution in [0.1, 0.15) is 63.2 Å². The molecule has 3 rings (SSSR count). The molecule has 0 saturated heterocycles. The van der Waals surface area contributed by atoms with Gasteiger partial charge >= 0.3 is 0 Å². The first-order valence-corrected chi connectivity index (χ1v) is 18.1. The normalized spacial score (nSPS) is 20.5. The first-order chi connectivity index (χ1) is 22.8. The molecule has 12 nitrogen and oxygen atoms in total. The van der Waals surface area contributed by atoms with E-state index in [1.807, 2.05) is 32.8 Å². The van der Waals surface area contributed by atoms with Crippen LogP contribution in [-0.2, 0) is 19.6 Å². The molecule has 2 aromatic rings. The Morgan fingerprint density at radius 1 is 1.12 bits per heavy atom. The Hall–Kier alpha value is -3.23. The third kappa shape index (κ3) is 11.2. The van der Waals surface area contributed by atoms with Crippen molar-refractivity contribution in [2.45, 2.75) is 76.0 Å². The summed E-state index contributed by atoms with van der Waals surface area (Å²) in [6.07, 6.45) is 2.55. The summed E-state index contributed by atoms with van der Waals surface area (Å²) in [7, 11) is 3.10. The second-order valence-electron chi connectivity index (χ2n) is 12.9. The molecule has 0 unspecified atom stereocenters. The summed E-state index contributed by atoms with van der Waals surface area (Å²) in [6, 6.07) is 10.7. The van der Waals surface area contributed by atoms with E-state index < -0.39 is 22.2 Å². The predicted octanol–water partition coefficient (Wildman–Crippen LogP) is 4.09. The van der Waals surface area contributed by atoms with E-state index in [0.717, 1.165) is 19.4 Å². The quantitative estimate of drug-likeness (QED) is 0.337. The molecular formula is C35H54N4O8S. The van der Waals surface area contributed by atoms with Crippen molar-refractivity contribution in [2.75, 3.05) is 66.4 Å². The van der Waals surface area contributed by atoms with Crippen molar-refractivity contribution in [3.05, 3.63) is 48.0 Å². The van der Waals surface area contributed by atoms with Crippen LogP contribution in [0.5, 0.6) is 11.5 Å². The number of aliphatic hydroxyl groups excluding tert-OH is 1. The number of anilines is 1. The van der Waals surface area contributed by atoms with Crippen molar-refractivity contribution < 1.29 is 37.3 Å². The first kappa shape index (κ1) is 39.2. The van der Waals surface area contributed by atoms with Crippen LogP contribution >= 0.6 is 0 Å². The zero-order valence-electron chi connectivity index (χ0n) is 29.5. The van der Waals surface area contributed by atoms with Crippen molar-refractivity contribution in [1.82, 2.24) is 14.1 Å². The van der Waals surface area contributed by atoms with Gasteiger partial charge in [0.25, 0.3) is 5.91 Å². The molecule has 4 atom stereocenters. The Balaban J connectivity index is 1.92. The van der Waals surface area contributed by atoms with E-state index in [9.17, 15) is 23.1 Å². The highest BCUT2D eigenvalue weighted by molar-refractivity contribution is 7.89. The number of sulfonamides is 1. The van der Waals surface area contributed by atoms with Gasteiger partial charge in [0.15, 0.2) is 0 Å². The predicted molar refractivity (Wildman–Crippen MR) is 186 cm³/mol. The van der Waals surface area contributed by atoms with Gasteiger partial charge in [0.2, 0.25) is 15.9 Å². The molecule has 0 radical (unpaired) electrons. The lowest BCUT2D eigenvalue weighted by Gasteiger charge is -2.35. The molecule has 2 amide bonds. The van der Waals surface area contributed by atoms with E-state index in [0.29, 0.717) is 43.1 Å². The van der Waals surface area contributed by atoms with E-state index in [2.05, 4.69) is 5.32 Å². The molecule has 1 heterocycles. The summed E-state index contributed by atoms with van der Waals surface area (Å²) < 4.78 is 46.1. The average molecular weight is 691 g/mol. The van der Waals surface area contributed by atoms with Crippen molar-refractivity contribution in [3.63, 3.8) is 0 Å². The molecule has 0 saturated carbocycles. The fraction of sp³-hybridized carbons (Fsp3) is 0.600. The van der Waals surface area contributed by atoms with E-state index in [1.165, 1.54) is 30.6 Å². The average Bonchev–Trinajstić information content (AvgIpc) is 3.05. The molecule has 1 aliphatic heterocycles. The monoisotopic (exact) mass is 690 g/mol. The summed E-state index contributed by atoms with van der Waals surface area (Å²) in [6.45, 7) is 6.76. The van der Waals surface area contributed by atoms with Gasteiger partial charge in [-0.15, -0.1) is 0 Å². The molecule has 48 heavy (non-hydrogen) atoms. The number of carbonyl (C=O) groups is 2. The molecule has 268 valence electrons. The lowest BCUT2D eigenvalue weighted by Crippen LogP contribution is -2.48. The van der Waals surface area contributed by atoms with Crippen LogP contribution in [0.25, 0.3) is 0 Å². The van der Waals surface area contributed by atoms with Gasteiger partial charge in [0.05, 0.1) is 42.4 Å². The molecule has 0 aliphatic carbocycles. The van der Waals surface area contributed by atoms with Crippen LogP contribution in [0.15, 0.2) is 47.4 Å². The number of amides is 2. The minimum Gasteiger partial charge on any atom is -0.497 e. The Labute approximate surface area is 286 Å². The van der Waals surface area contributed by atoms with Crippen molar-refractivity contribution >= 4 is 27.5 Å². The number of methoxy groups -OCH3 is 1. The van der Waals surface area contributed by atoms with Crippen LogP contribution < -0.4 is 14.8 Å². The second kappa shape index (κ2) is 18.5. The third-order valence-electron chi connectivity index (χ3n) is 8.55. The highest BCUT2D eigenvalue weighted by Gasteiger charge is 2.32. The Morgan fingerprint density at radius 2 is 1.83 bits per heavy atom. The van der Waals surface area contributed by atoms with Gasteiger partial charge in [-0.25, -0.2) is 8.42 Å². The van der Waals surface area contributed by atoms with Gasteiger partial charge in [-0.2, -0.15) is 4.31 Å². The Morgan fingerprint density at radius 3 is 2.48 bits per heavy atom. The van der Waals surface area contributed by atoms with Gasteiger partial charge < -0.3 is 34.4 Å². The van der Waals surface area contributed by atoms with Gasteiger partial charge in [0, 0.05) is 44.8 Å². The van der Waals surface area contributed by atoms with Crippen LogP contribution in [0.3, 0.4) is 0 Å². The first-order valence-electron chi connectivity index (χ1n) is 16.7. The van der Waals surface area contributed by atoms with Crippen LogP contribution in [-0.4, -0.2) is 119 Å². The lowest BCUT2D eigenvalue weighted by atomic mass is 10.0. The number of hydrogen-bond donors (Lipinski definition) is 2. The number of nitrogens with one attached hydrogen (secondary N) is 1. The second-order valence-corrected chi connectivity index (χ2v) is 15.0. The van der Waals surface area contributed by atoms with E-state index >= 15 is 0 Å². The zero-order chi connectivity index (χ0) is 35.4. The highest BCUT2D eigenvalue weighted by Crippen LogP contribution is 2.29. The summed E-state index contributed by atoms with van der Waals surface area (Å²) in [5.41, 5.74) is 0.750. The largest absolute Gasteiger partial charge is 0.497 e. The maximum absolute atomic E-state index is 14.3. The number of rotatable bonds is 12. The number of benzene rings is 2. The maximum Gasteiger partial charge on any atom is 0.258 e. The van der Waals surface area contributed by atoms with Gasteiger partial charge in [-0.1, -0.05) is 6.92 Å². The third-order valence-corrected chi connectivity index (χ3v) is 10.4. The minimum atomic E-state index is -3.84. The fourth-order valence-electron chi connectivity index (χ4n) is 5.52. The maximum atomic E-state index is 14.3. The van der Waals surface area contributed by atoms with Crippen LogP contribution in [0.2, 0.25) is 0 Å². The number of carbonyl (C=O) groups excluding carboxylic acids is 2. The van der Waals surface area contributed by atoms with E-state index in [4.69, 9.17) is 14.2 Å². The van der Waals surface area contributed by atoms with Crippen molar-refractivity contribution in [3.8, 4) is 11.5 Å². The molecule has 13 heteroatoms. The molecule has 0 bridgehead atoms. The minimum absolute atomic E-state index is 0.0607. The molecular weight excluding hydrogens is 636 g/mol. The highest BCUT2D eigenvalue weighted by atomic mass is 32.2. The number of nitrogens with zero attached hydrogens (tertiary/aromatic N) is 3. The summed E-state index contributed by atoms with van der Waals surface area (Å²) in [4.78, 5) is 30.7. The standard InChI is InChI=1S/C35H54N4O8S/c1-25-22-39(26(2)24-40)35(42)31-21-28(36-34(41)12-10-19-37(4)5)13-18-32(31)47-27(3)11-8-9-20-46-33(25)23-38(6)48(43,44)30-16-14-29(45-7)15-17-30/h13-18,21,25-27,33,40H,8-12,19-20,22-24H2,1-7H3,(H,36,41)/t25-,26+,27+,33-/m1/s1. The molecule has 0 aromatic heterocycles. The van der Waals surface area contributed by atoms with Gasteiger partial charge in [0.1, 0.15) is 11.5 Å². The number of hydrogen-bond acceptors (Lipinski definition) is 9. The van der Waals surface area contributed by atoms with Crippen LogP contribution in [0.4, 0.5) is 5.69 Å². The fourth-order valence-corrected chi connectivity index (χ4v) is 6.70. The van der Waals surface area contributed by atoms with Crippen LogP contribution in [0, 0.1) is 5.92 Å². The summed E-state index contributed by atoms with van der Waals surface area (Å²) in [5, 5.41) is 13.1. The molecule has 2 aromatic carbocycles. The zero-order valence-corrected chi connectivity index (χ0v) is 30.3. The molecule has 0 spiro atoms. The number of aliphatic hydroxyl groups is 1. The Bertz CT molecular complexity index is 1440. The van der Waals surface area contributed by atoms with Gasteiger partial charge in [-0.05, 0) is 103 Å². The summed E-state index contributed by atoms with van der Waals surface area (Å²) in [5.74, 6) is 0.114. The van der Waals surface area contributed by atoms with Crippen molar-refractivity contribution in [2.24, 2.45) is 5.92 Å². The number of likely N-dealkylation sites (N-methyl/N-ethyl adjacent to an activating group) is 1. The summed E-state index contributed by atoms with van der Waals surface area (Å²) >= 11 is 0. The van der Waals surface area contributed by atoms with Crippen molar-refractivity contribution in [1.29, 1.82) is 0 Å². The topological polar surface area (TPSA) is 138 Å². The Kier molecular flexibility index (Phi) is 15.1. The van der Waals surface area contributed by atoms with E-state index in [-0.39, 0.29) is 54.0 Å². The molecule has 1 aliphatic rings. The smallest absolute Gasteiger partial charge is 0.258 e. The molecule has 0 fully saturated rings. The lowest BCUT2D eigenvalue weighted by molar-refractivity contribution is -0.116. The SMILES string of the molecule is COc1ccc(S(=O)(=O)N(C)C[C@H]2OCCCC[C@H](C)Oc3ccc(NC(=O)CCCN(C)C)cc3C(=O)N([C@@H](C)CO)C[C@H]2C)cc1. The molecule has 2 N–H and O–H groups in total. The van der Waals surface area contributed by atoms with Gasteiger partial charge in [-0.3, -0.25) is 9.59 Å².